The normalized spacial score (nSPS) is 13.2. The Bertz CT molecular complexity index is 617. The second-order valence-corrected chi connectivity index (χ2v) is 5.65. The van der Waals surface area contributed by atoms with Crippen molar-refractivity contribution in [3.63, 3.8) is 0 Å². The molecule has 0 spiro atoms. The molecule has 0 bridgehead atoms. The molecule has 110 valence electrons. The van der Waals surface area contributed by atoms with Gasteiger partial charge in [-0.25, -0.2) is 9.97 Å². The molecule has 1 N–H and O–H groups in total. The number of benzene rings is 1. The predicted octanol–water partition coefficient (Wildman–Crippen LogP) is 4.02. The van der Waals surface area contributed by atoms with Crippen LogP contribution in [0.3, 0.4) is 0 Å². The Morgan fingerprint density at radius 2 is 1.86 bits per heavy atom. The number of fused-ring (bicyclic) bond motifs is 1. The minimum absolute atomic E-state index is 0.858. The van der Waals surface area contributed by atoms with Gasteiger partial charge >= 0.3 is 0 Å². The first-order chi connectivity index (χ1) is 10.3. The molecule has 1 aromatic heterocycles. The van der Waals surface area contributed by atoms with E-state index in [1.165, 1.54) is 23.2 Å². The molecular formula is C18H23N3. The SMILES string of the molecule is CCCNc1nc(-c2ccc(CC)cc2)nc2c1CCC2. The van der Waals surface area contributed by atoms with Gasteiger partial charge in [0.15, 0.2) is 5.82 Å². The average Bonchev–Trinajstić information content (AvgIpc) is 3.01. The van der Waals surface area contributed by atoms with E-state index in [-0.39, 0.29) is 0 Å². The molecule has 1 aliphatic rings. The van der Waals surface area contributed by atoms with Crippen LogP contribution in [0.2, 0.25) is 0 Å². The van der Waals surface area contributed by atoms with Gasteiger partial charge in [0.2, 0.25) is 0 Å². The number of hydrogen-bond acceptors (Lipinski definition) is 3. The lowest BCUT2D eigenvalue weighted by Crippen LogP contribution is -2.08. The summed E-state index contributed by atoms with van der Waals surface area (Å²) in [5, 5.41) is 3.48. The van der Waals surface area contributed by atoms with Crippen molar-refractivity contribution in [2.24, 2.45) is 0 Å². The fourth-order valence-electron chi connectivity index (χ4n) is 2.84. The van der Waals surface area contributed by atoms with E-state index in [0.29, 0.717) is 0 Å². The highest BCUT2D eigenvalue weighted by molar-refractivity contribution is 5.61. The molecule has 0 saturated heterocycles. The van der Waals surface area contributed by atoms with Gasteiger partial charge in [-0.05, 0) is 37.7 Å². The maximum Gasteiger partial charge on any atom is 0.161 e. The van der Waals surface area contributed by atoms with Crippen LogP contribution in [-0.4, -0.2) is 16.5 Å². The van der Waals surface area contributed by atoms with Crippen LogP contribution in [0.15, 0.2) is 24.3 Å². The molecule has 0 saturated carbocycles. The summed E-state index contributed by atoms with van der Waals surface area (Å²) in [6, 6.07) is 8.62. The second kappa shape index (κ2) is 6.25. The summed E-state index contributed by atoms with van der Waals surface area (Å²) in [5.74, 6) is 1.91. The Balaban J connectivity index is 1.97. The van der Waals surface area contributed by atoms with E-state index < -0.39 is 0 Å². The Hall–Kier alpha value is -1.90. The van der Waals surface area contributed by atoms with Crippen molar-refractivity contribution < 1.29 is 0 Å². The first-order valence-corrected chi connectivity index (χ1v) is 8.04. The highest BCUT2D eigenvalue weighted by Crippen LogP contribution is 2.29. The van der Waals surface area contributed by atoms with Crippen molar-refractivity contribution in [2.75, 3.05) is 11.9 Å². The summed E-state index contributed by atoms with van der Waals surface area (Å²) in [7, 11) is 0. The van der Waals surface area contributed by atoms with Crippen molar-refractivity contribution in [1.29, 1.82) is 0 Å². The van der Waals surface area contributed by atoms with E-state index in [0.717, 1.165) is 49.4 Å². The third-order valence-corrected chi connectivity index (χ3v) is 4.10. The van der Waals surface area contributed by atoms with Gasteiger partial charge in [0.1, 0.15) is 5.82 Å². The molecule has 0 amide bonds. The van der Waals surface area contributed by atoms with Crippen LogP contribution in [0.5, 0.6) is 0 Å². The molecule has 1 aromatic carbocycles. The van der Waals surface area contributed by atoms with Crippen LogP contribution >= 0.6 is 0 Å². The zero-order valence-electron chi connectivity index (χ0n) is 12.9. The van der Waals surface area contributed by atoms with Crippen molar-refractivity contribution >= 4 is 5.82 Å². The van der Waals surface area contributed by atoms with E-state index in [1.54, 1.807) is 0 Å². The Morgan fingerprint density at radius 3 is 2.57 bits per heavy atom. The number of hydrogen-bond donors (Lipinski definition) is 1. The summed E-state index contributed by atoms with van der Waals surface area (Å²) in [4.78, 5) is 9.58. The fraction of sp³-hybridized carbons (Fsp3) is 0.444. The number of rotatable bonds is 5. The van der Waals surface area contributed by atoms with E-state index in [2.05, 4.69) is 43.4 Å². The van der Waals surface area contributed by atoms with Crippen molar-refractivity contribution in [2.45, 2.75) is 46.0 Å². The highest BCUT2D eigenvalue weighted by atomic mass is 15.0. The largest absolute Gasteiger partial charge is 0.370 e. The third-order valence-electron chi connectivity index (χ3n) is 4.10. The number of nitrogens with zero attached hydrogens (tertiary/aromatic N) is 2. The van der Waals surface area contributed by atoms with E-state index in [4.69, 9.17) is 9.97 Å². The molecule has 3 rings (SSSR count). The van der Waals surface area contributed by atoms with E-state index >= 15 is 0 Å². The Morgan fingerprint density at radius 1 is 1.05 bits per heavy atom. The number of aryl methyl sites for hydroxylation is 2. The molecule has 3 heteroatoms. The van der Waals surface area contributed by atoms with Crippen LogP contribution < -0.4 is 5.32 Å². The van der Waals surface area contributed by atoms with Crippen LogP contribution in [0.4, 0.5) is 5.82 Å². The predicted molar refractivity (Wildman–Crippen MR) is 87.7 cm³/mol. The zero-order valence-corrected chi connectivity index (χ0v) is 12.9. The van der Waals surface area contributed by atoms with Gasteiger partial charge in [-0.1, -0.05) is 38.1 Å². The molecule has 0 fully saturated rings. The molecule has 0 atom stereocenters. The summed E-state index contributed by atoms with van der Waals surface area (Å²) < 4.78 is 0. The first-order valence-electron chi connectivity index (χ1n) is 8.04. The second-order valence-electron chi connectivity index (χ2n) is 5.65. The van der Waals surface area contributed by atoms with Crippen molar-refractivity contribution in [3.8, 4) is 11.4 Å². The van der Waals surface area contributed by atoms with E-state index in [1.807, 2.05) is 0 Å². The van der Waals surface area contributed by atoms with Gasteiger partial charge in [-0.15, -0.1) is 0 Å². The van der Waals surface area contributed by atoms with Gasteiger partial charge in [0, 0.05) is 23.4 Å². The van der Waals surface area contributed by atoms with Gasteiger partial charge in [-0.2, -0.15) is 0 Å². The van der Waals surface area contributed by atoms with Gasteiger partial charge in [0.25, 0.3) is 0 Å². The fourth-order valence-corrected chi connectivity index (χ4v) is 2.84. The maximum atomic E-state index is 4.80. The van der Waals surface area contributed by atoms with Gasteiger partial charge < -0.3 is 5.32 Å². The molecule has 3 nitrogen and oxygen atoms in total. The summed E-state index contributed by atoms with van der Waals surface area (Å²) in [6.07, 6.45) is 5.56. The van der Waals surface area contributed by atoms with E-state index in [9.17, 15) is 0 Å². The van der Waals surface area contributed by atoms with Crippen LogP contribution in [-0.2, 0) is 19.3 Å². The molecular weight excluding hydrogens is 258 g/mol. The van der Waals surface area contributed by atoms with Gasteiger partial charge in [0.05, 0.1) is 0 Å². The summed E-state index contributed by atoms with van der Waals surface area (Å²) >= 11 is 0. The number of anilines is 1. The standard InChI is InChI=1S/C18H23N3/c1-3-12-19-18-15-6-5-7-16(15)20-17(21-18)14-10-8-13(4-2)9-11-14/h8-11H,3-7,12H2,1-2H3,(H,19,20,21). The quantitative estimate of drug-likeness (QED) is 0.899. The monoisotopic (exact) mass is 281 g/mol. The molecule has 1 aliphatic carbocycles. The molecule has 2 aromatic rings. The minimum Gasteiger partial charge on any atom is -0.370 e. The number of aromatic nitrogens is 2. The van der Waals surface area contributed by atoms with Gasteiger partial charge in [-0.3, -0.25) is 0 Å². The Kier molecular flexibility index (Phi) is 4.18. The lowest BCUT2D eigenvalue weighted by atomic mass is 10.1. The molecule has 0 radical (unpaired) electrons. The third kappa shape index (κ3) is 2.92. The van der Waals surface area contributed by atoms with Crippen LogP contribution in [0, 0.1) is 0 Å². The summed E-state index contributed by atoms with van der Waals surface area (Å²) in [6.45, 7) is 5.32. The lowest BCUT2D eigenvalue weighted by Gasteiger charge is -2.12. The Labute approximate surface area is 126 Å². The first kappa shape index (κ1) is 14.1. The minimum atomic E-state index is 0.858. The van der Waals surface area contributed by atoms with Crippen LogP contribution in [0.25, 0.3) is 11.4 Å². The van der Waals surface area contributed by atoms with Crippen molar-refractivity contribution in [3.05, 3.63) is 41.1 Å². The average molecular weight is 281 g/mol. The van der Waals surface area contributed by atoms with Crippen LogP contribution in [0.1, 0.15) is 43.5 Å². The molecule has 0 unspecified atom stereocenters. The zero-order chi connectivity index (χ0) is 14.7. The molecule has 21 heavy (non-hydrogen) atoms. The summed E-state index contributed by atoms with van der Waals surface area (Å²) in [5.41, 5.74) is 5.03. The topological polar surface area (TPSA) is 37.8 Å². The van der Waals surface area contributed by atoms with Crippen molar-refractivity contribution in [1.82, 2.24) is 9.97 Å². The lowest BCUT2D eigenvalue weighted by molar-refractivity contribution is 0.899. The maximum absolute atomic E-state index is 4.80. The highest BCUT2D eigenvalue weighted by Gasteiger charge is 2.19. The smallest absolute Gasteiger partial charge is 0.161 e. The number of nitrogens with one attached hydrogen (secondary N) is 1. The molecule has 1 heterocycles. The molecule has 0 aliphatic heterocycles.